The number of likely N-dealkylation sites (tertiary alicyclic amines) is 1. The first-order valence-electron chi connectivity index (χ1n) is 9.14. The zero-order valence-corrected chi connectivity index (χ0v) is 15.4. The molecule has 3 atom stereocenters. The number of hydrogen-bond acceptors (Lipinski definition) is 3. The van der Waals surface area contributed by atoms with Crippen LogP contribution in [-0.2, 0) is 0 Å². The minimum absolute atomic E-state index is 0.0449. The summed E-state index contributed by atoms with van der Waals surface area (Å²) < 4.78 is 0. The average molecular weight is 365 g/mol. The lowest BCUT2D eigenvalue weighted by molar-refractivity contribution is 0.0827. The molecule has 3 unspecified atom stereocenters. The molecule has 2 aliphatic rings. The van der Waals surface area contributed by atoms with Crippen LogP contribution in [0.4, 0.5) is 10.5 Å². The number of carboxylic acid groups (broad SMARTS) is 1. The Bertz CT molecular complexity index is 881. The Hall–Kier alpha value is -3.02. The average Bonchev–Trinajstić information content (AvgIpc) is 3.12. The Morgan fingerprint density at radius 3 is 2.56 bits per heavy atom. The van der Waals surface area contributed by atoms with E-state index in [2.05, 4.69) is 17.4 Å². The highest BCUT2D eigenvalue weighted by atomic mass is 16.4. The number of amides is 2. The van der Waals surface area contributed by atoms with Gasteiger partial charge in [-0.15, -0.1) is 0 Å². The molecule has 6 nitrogen and oxygen atoms in total. The Balaban J connectivity index is 1.81. The second kappa shape index (κ2) is 6.61. The predicted molar refractivity (Wildman–Crippen MR) is 103 cm³/mol. The van der Waals surface area contributed by atoms with Crippen molar-refractivity contribution in [2.45, 2.75) is 18.5 Å². The summed E-state index contributed by atoms with van der Waals surface area (Å²) >= 11 is 0. The Kier molecular flexibility index (Phi) is 4.26. The molecule has 0 saturated carbocycles. The SMILES string of the molecule is CN(C)C(=O)c1ccc2c(c1)C1C(CCN1C(=O)O)C(c1ccccc1)N2. The summed E-state index contributed by atoms with van der Waals surface area (Å²) in [5.74, 6) is 0.0418. The maximum absolute atomic E-state index is 12.4. The van der Waals surface area contributed by atoms with Crippen LogP contribution >= 0.6 is 0 Å². The monoisotopic (exact) mass is 365 g/mol. The number of rotatable bonds is 2. The number of nitrogens with one attached hydrogen (secondary N) is 1. The number of carbonyl (C=O) groups excluding carboxylic acids is 1. The first-order chi connectivity index (χ1) is 13.0. The lowest BCUT2D eigenvalue weighted by Gasteiger charge is -2.39. The van der Waals surface area contributed by atoms with Gasteiger partial charge in [0.2, 0.25) is 0 Å². The van der Waals surface area contributed by atoms with Gasteiger partial charge in [0.15, 0.2) is 0 Å². The van der Waals surface area contributed by atoms with Crippen LogP contribution < -0.4 is 5.32 Å². The molecular formula is C21H23N3O3. The van der Waals surface area contributed by atoms with Gasteiger partial charge in [0, 0.05) is 37.8 Å². The second-order valence-electron chi connectivity index (χ2n) is 7.41. The Labute approximate surface area is 158 Å². The molecule has 2 aromatic carbocycles. The van der Waals surface area contributed by atoms with Crippen molar-refractivity contribution in [1.82, 2.24) is 9.80 Å². The van der Waals surface area contributed by atoms with Gasteiger partial charge in [-0.25, -0.2) is 4.79 Å². The number of anilines is 1. The molecule has 0 spiro atoms. The highest BCUT2D eigenvalue weighted by Gasteiger charge is 2.46. The van der Waals surface area contributed by atoms with E-state index < -0.39 is 6.09 Å². The highest BCUT2D eigenvalue weighted by molar-refractivity contribution is 5.94. The van der Waals surface area contributed by atoms with E-state index in [1.165, 1.54) is 9.80 Å². The molecule has 0 bridgehead atoms. The summed E-state index contributed by atoms with van der Waals surface area (Å²) in [5, 5.41) is 13.3. The fraction of sp³-hybridized carbons (Fsp3) is 0.333. The molecule has 2 aliphatic heterocycles. The minimum atomic E-state index is -0.911. The summed E-state index contributed by atoms with van der Waals surface area (Å²) in [7, 11) is 3.43. The molecule has 0 aromatic heterocycles. The molecule has 2 heterocycles. The van der Waals surface area contributed by atoms with Crippen molar-refractivity contribution >= 4 is 17.7 Å². The topological polar surface area (TPSA) is 72.9 Å². The van der Waals surface area contributed by atoms with Crippen LogP contribution in [0, 0.1) is 5.92 Å². The number of fused-ring (bicyclic) bond motifs is 3. The maximum Gasteiger partial charge on any atom is 0.407 e. The Morgan fingerprint density at radius 2 is 1.89 bits per heavy atom. The summed E-state index contributed by atoms with van der Waals surface area (Å²) in [6, 6.07) is 15.5. The van der Waals surface area contributed by atoms with Gasteiger partial charge >= 0.3 is 6.09 Å². The minimum Gasteiger partial charge on any atom is -0.465 e. The standard InChI is InChI=1S/C21H23N3O3/c1-23(2)20(25)14-8-9-17-16(12-14)19-15(10-11-24(19)21(26)27)18(22-17)13-6-4-3-5-7-13/h3-9,12,15,18-19,22H,10-11H2,1-2H3,(H,26,27). The summed E-state index contributed by atoms with van der Waals surface area (Å²) in [6.45, 7) is 0.501. The molecule has 6 heteroatoms. The predicted octanol–water partition coefficient (Wildman–Crippen LogP) is 3.60. The van der Waals surface area contributed by atoms with Gasteiger partial charge in [0.1, 0.15) is 0 Å². The van der Waals surface area contributed by atoms with Crippen LogP contribution in [-0.4, -0.2) is 47.5 Å². The Morgan fingerprint density at radius 1 is 1.15 bits per heavy atom. The number of benzene rings is 2. The van der Waals surface area contributed by atoms with E-state index >= 15 is 0 Å². The van der Waals surface area contributed by atoms with Crippen LogP contribution in [0.2, 0.25) is 0 Å². The summed E-state index contributed by atoms with van der Waals surface area (Å²) in [4.78, 5) is 27.3. The van der Waals surface area contributed by atoms with Crippen LogP contribution in [0.25, 0.3) is 0 Å². The molecule has 140 valence electrons. The van der Waals surface area contributed by atoms with Crippen molar-refractivity contribution in [2.24, 2.45) is 5.92 Å². The van der Waals surface area contributed by atoms with Crippen molar-refractivity contribution in [3.05, 3.63) is 65.2 Å². The van der Waals surface area contributed by atoms with E-state index in [-0.39, 0.29) is 23.9 Å². The van der Waals surface area contributed by atoms with E-state index in [0.29, 0.717) is 12.1 Å². The number of nitrogens with zero attached hydrogens (tertiary/aromatic N) is 2. The normalized spacial score (nSPS) is 23.2. The number of hydrogen-bond donors (Lipinski definition) is 2. The molecule has 1 saturated heterocycles. The third-order valence-electron chi connectivity index (χ3n) is 5.61. The van der Waals surface area contributed by atoms with Crippen molar-refractivity contribution < 1.29 is 14.7 Å². The van der Waals surface area contributed by atoms with Crippen molar-refractivity contribution in [1.29, 1.82) is 0 Å². The third kappa shape index (κ3) is 2.91. The maximum atomic E-state index is 12.4. The van der Waals surface area contributed by atoms with E-state index in [0.717, 1.165) is 23.2 Å². The van der Waals surface area contributed by atoms with Crippen molar-refractivity contribution in [2.75, 3.05) is 26.0 Å². The lowest BCUT2D eigenvalue weighted by atomic mass is 9.79. The van der Waals surface area contributed by atoms with Crippen LogP contribution in [0.1, 0.15) is 40.0 Å². The molecule has 27 heavy (non-hydrogen) atoms. The van der Waals surface area contributed by atoms with Crippen LogP contribution in [0.5, 0.6) is 0 Å². The van der Waals surface area contributed by atoms with E-state index in [1.54, 1.807) is 20.2 Å². The quantitative estimate of drug-likeness (QED) is 0.853. The van der Waals surface area contributed by atoms with Gasteiger partial charge in [-0.2, -0.15) is 0 Å². The van der Waals surface area contributed by atoms with Crippen LogP contribution in [0.15, 0.2) is 48.5 Å². The first-order valence-corrected chi connectivity index (χ1v) is 9.14. The van der Waals surface area contributed by atoms with E-state index in [4.69, 9.17) is 0 Å². The lowest BCUT2D eigenvalue weighted by Crippen LogP contribution is -2.37. The molecule has 4 rings (SSSR count). The molecule has 2 aromatic rings. The van der Waals surface area contributed by atoms with Gasteiger partial charge < -0.3 is 20.2 Å². The van der Waals surface area contributed by atoms with Gasteiger partial charge in [0.05, 0.1) is 12.1 Å². The molecular weight excluding hydrogens is 342 g/mol. The smallest absolute Gasteiger partial charge is 0.407 e. The largest absolute Gasteiger partial charge is 0.465 e. The van der Waals surface area contributed by atoms with Gasteiger partial charge in [-0.1, -0.05) is 30.3 Å². The zero-order chi connectivity index (χ0) is 19.1. The number of carbonyl (C=O) groups is 2. The fourth-order valence-electron chi connectivity index (χ4n) is 4.37. The fourth-order valence-corrected chi connectivity index (χ4v) is 4.37. The summed E-state index contributed by atoms with van der Waals surface area (Å²) in [5.41, 5.74) is 3.52. The first kappa shape index (κ1) is 17.4. The van der Waals surface area contributed by atoms with Gasteiger partial charge in [-0.3, -0.25) is 4.79 Å². The molecule has 1 fully saturated rings. The van der Waals surface area contributed by atoms with E-state index in [1.807, 2.05) is 30.3 Å². The van der Waals surface area contributed by atoms with E-state index in [9.17, 15) is 14.7 Å². The molecule has 0 aliphatic carbocycles. The molecule has 0 radical (unpaired) electrons. The van der Waals surface area contributed by atoms with Crippen LogP contribution in [0.3, 0.4) is 0 Å². The summed E-state index contributed by atoms with van der Waals surface area (Å²) in [6.07, 6.45) is -0.124. The zero-order valence-electron chi connectivity index (χ0n) is 15.4. The van der Waals surface area contributed by atoms with Gasteiger partial charge in [-0.05, 0) is 35.7 Å². The highest BCUT2D eigenvalue weighted by Crippen LogP contribution is 2.51. The molecule has 2 N–H and O–H groups in total. The molecule has 2 amide bonds. The van der Waals surface area contributed by atoms with Crippen molar-refractivity contribution in [3.8, 4) is 0 Å². The third-order valence-corrected chi connectivity index (χ3v) is 5.61. The van der Waals surface area contributed by atoms with Gasteiger partial charge in [0.25, 0.3) is 5.91 Å². The van der Waals surface area contributed by atoms with Crippen molar-refractivity contribution in [3.63, 3.8) is 0 Å². The second-order valence-corrected chi connectivity index (χ2v) is 7.41.